The van der Waals surface area contributed by atoms with Gasteiger partial charge in [0.1, 0.15) is 11.5 Å². The van der Waals surface area contributed by atoms with Gasteiger partial charge in [0, 0.05) is 36.8 Å². The van der Waals surface area contributed by atoms with E-state index in [2.05, 4.69) is 4.90 Å². The van der Waals surface area contributed by atoms with Gasteiger partial charge in [0.25, 0.3) is 17.5 Å². The standard InChI is InChI=1S/C20H22N2O4.C20H23NO2/c23-20(21-13-5-7-14-6-1-3-9-16(14)21)19-12-11-18(26-19)15-8-2-4-10-17(15)22(24)25;22-20(21-14-6-10-15-7-4-5-11-17(15)21)19-13-12-18(23-19)16-8-2-1-3-9-16/h2,4,8,10-12,14,16H,1,3,5-7,9,13H2;1-3,8-9,12-13,15,17H,4-7,10-11,14H2/t14-,16-;15-,17-/m00/s1. The molecule has 2 aliphatic carbocycles. The molecule has 0 radical (unpaired) electrons. The highest BCUT2D eigenvalue weighted by Gasteiger charge is 2.38. The molecule has 4 fully saturated rings. The van der Waals surface area contributed by atoms with E-state index in [-0.39, 0.29) is 23.3 Å². The molecule has 2 saturated heterocycles. The molecule has 4 aliphatic rings. The van der Waals surface area contributed by atoms with Gasteiger partial charge in [-0.1, -0.05) is 68.1 Å². The number of para-hydroxylation sites is 1. The minimum atomic E-state index is -0.434. The lowest BCUT2D eigenvalue weighted by atomic mass is 9.78. The Morgan fingerprint density at radius 1 is 0.592 bits per heavy atom. The predicted molar refractivity (Wildman–Crippen MR) is 187 cm³/mol. The monoisotopic (exact) mass is 663 g/mol. The second kappa shape index (κ2) is 14.8. The molecule has 49 heavy (non-hydrogen) atoms. The van der Waals surface area contributed by atoms with Crippen molar-refractivity contribution in [3.63, 3.8) is 0 Å². The minimum absolute atomic E-state index is 0.0221. The number of hydrogen-bond donors (Lipinski definition) is 0. The summed E-state index contributed by atoms with van der Waals surface area (Å²) in [5.41, 5.74) is 1.39. The van der Waals surface area contributed by atoms with E-state index in [0.717, 1.165) is 50.1 Å². The fourth-order valence-electron chi connectivity index (χ4n) is 8.69. The van der Waals surface area contributed by atoms with Gasteiger partial charge in [-0.05, 0) is 93.5 Å². The second-order valence-electron chi connectivity index (χ2n) is 14.0. The van der Waals surface area contributed by atoms with Crippen LogP contribution in [0.5, 0.6) is 0 Å². The van der Waals surface area contributed by atoms with Crippen molar-refractivity contribution < 1.29 is 23.3 Å². The van der Waals surface area contributed by atoms with Gasteiger partial charge in [0.2, 0.25) is 0 Å². The van der Waals surface area contributed by atoms with E-state index in [1.807, 2.05) is 47.4 Å². The summed E-state index contributed by atoms with van der Waals surface area (Å²) in [5, 5.41) is 11.2. The molecule has 2 saturated carbocycles. The molecular weight excluding hydrogens is 618 g/mol. The van der Waals surface area contributed by atoms with Gasteiger partial charge in [-0.15, -0.1) is 0 Å². The van der Waals surface area contributed by atoms with Crippen LogP contribution in [0.2, 0.25) is 0 Å². The third-order valence-electron chi connectivity index (χ3n) is 11.1. The maximum Gasteiger partial charge on any atom is 0.289 e. The predicted octanol–water partition coefficient (Wildman–Crippen LogP) is 9.39. The fraction of sp³-hybridized carbons (Fsp3) is 0.450. The first kappa shape index (κ1) is 32.9. The van der Waals surface area contributed by atoms with Crippen molar-refractivity contribution in [1.82, 2.24) is 9.80 Å². The van der Waals surface area contributed by atoms with Crippen LogP contribution in [0.25, 0.3) is 22.6 Å². The summed E-state index contributed by atoms with van der Waals surface area (Å²) in [7, 11) is 0. The van der Waals surface area contributed by atoms with Gasteiger partial charge in [-0.2, -0.15) is 0 Å². The Bertz CT molecular complexity index is 1760. The highest BCUT2D eigenvalue weighted by Crippen LogP contribution is 2.38. The zero-order valence-corrected chi connectivity index (χ0v) is 28.0. The number of benzene rings is 2. The van der Waals surface area contributed by atoms with Crippen LogP contribution in [0.3, 0.4) is 0 Å². The Morgan fingerprint density at radius 2 is 1.08 bits per heavy atom. The molecule has 0 bridgehead atoms. The second-order valence-corrected chi connectivity index (χ2v) is 14.0. The number of piperidine rings is 2. The lowest BCUT2D eigenvalue weighted by molar-refractivity contribution is -0.384. The summed E-state index contributed by atoms with van der Waals surface area (Å²) in [6.07, 6.45) is 14.3. The van der Waals surface area contributed by atoms with Crippen molar-refractivity contribution in [2.24, 2.45) is 11.8 Å². The van der Waals surface area contributed by atoms with Crippen LogP contribution in [0.15, 0.2) is 87.7 Å². The largest absolute Gasteiger partial charge is 0.451 e. The Balaban J connectivity index is 0.000000155. The number of hydrogen-bond acceptors (Lipinski definition) is 6. The van der Waals surface area contributed by atoms with Crippen molar-refractivity contribution in [3.05, 3.63) is 100 Å². The number of fused-ring (bicyclic) bond motifs is 2. The van der Waals surface area contributed by atoms with E-state index in [4.69, 9.17) is 8.83 Å². The molecule has 8 rings (SSSR count). The molecule has 4 aromatic rings. The number of carbonyl (C=O) groups excluding carboxylic acids is 2. The number of carbonyl (C=O) groups is 2. The molecule has 0 spiro atoms. The van der Waals surface area contributed by atoms with E-state index in [0.29, 0.717) is 41.0 Å². The maximum absolute atomic E-state index is 13.0. The van der Waals surface area contributed by atoms with Crippen LogP contribution in [0.1, 0.15) is 98.2 Å². The summed E-state index contributed by atoms with van der Waals surface area (Å²) >= 11 is 0. The number of furan rings is 2. The Morgan fingerprint density at radius 3 is 1.67 bits per heavy atom. The highest BCUT2D eigenvalue weighted by atomic mass is 16.6. The summed E-state index contributed by atoms with van der Waals surface area (Å²) in [4.78, 5) is 40.8. The van der Waals surface area contributed by atoms with Crippen molar-refractivity contribution in [2.75, 3.05) is 13.1 Å². The van der Waals surface area contributed by atoms with E-state index in [1.54, 1.807) is 30.3 Å². The Kier molecular flexibility index (Phi) is 9.96. The first-order chi connectivity index (χ1) is 24.0. The van der Waals surface area contributed by atoms with Crippen LogP contribution >= 0.6 is 0 Å². The van der Waals surface area contributed by atoms with Crippen molar-refractivity contribution in [3.8, 4) is 22.6 Å². The SMILES string of the molecule is O=C(c1ccc(-c2ccccc2)o1)N1CCC[C@@H]2CCCC[C@@H]21.O=C(c1ccc(-c2ccccc2[N+](=O)[O-])o1)N1CCC[C@@H]2CCCC[C@@H]21. The molecule has 256 valence electrons. The van der Waals surface area contributed by atoms with E-state index in [9.17, 15) is 19.7 Å². The van der Waals surface area contributed by atoms with Crippen LogP contribution in [-0.4, -0.2) is 51.7 Å². The number of nitrogens with zero attached hydrogens (tertiary/aromatic N) is 3. The first-order valence-corrected chi connectivity index (χ1v) is 18.1. The van der Waals surface area contributed by atoms with Gasteiger partial charge >= 0.3 is 0 Å². The van der Waals surface area contributed by atoms with Crippen molar-refractivity contribution in [1.29, 1.82) is 0 Å². The van der Waals surface area contributed by atoms with Crippen molar-refractivity contribution in [2.45, 2.75) is 89.1 Å². The van der Waals surface area contributed by atoms with Crippen LogP contribution in [0.4, 0.5) is 5.69 Å². The van der Waals surface area contributed by atoms with Crippen LogP contribution in [-0.2, 0) is 0 Å². The maximum atomic E-state index is 13.0. The third-order valence-corrected chi connectivity index (χ3v) is 11.1. The molecule has 0 N–H and O–H groups in total. The molecule has 4 heterocycles. The van der Waals surface area contributed by atoms with Crippen LogP contribution in [0, 0.1) is 22.0 Å². The highest BCUT2D eigenvalue weighted by molar-refractivity contribution is 5.93. The van der Waals surface area contributed by atoms with Crippen molar-refractivity contribution >= 4 is 17.5 Å². The Labute approximate surface area is 287 Å². The first-order valence-electron chi connectivity index (χ1n) is 18.1. The summed E-state index contributed by atoms with van der Waals surface area (Å²) < 4.78 is 11.6. The number of likely N-dealkylation sites (tertiary alicyclic amines) is 2. The average Bonchev–Trinajstić information content (AvgIpc) is 3.86. The van der Waals surface area contributed by atoms with E-state index >= 15 is 0 Å². The molecule has 2 aliphatic heterocycles. The molecule has 2 aromatic heterocycles. The molecular formula is C40H45N3O6. The molecule has 0 unspecified atom stereocenters. The fourth-order valence-corrected chi connectivity index (χ4v) is 8.69. The minimum Gasteiger partial charge on any atom is -0.451 e. The summed E-state index contributed by atoms with van der Waals surface area (Å²) in [6.45, 7) is 1.64. The Hall–Kier alpha value is -4.66. The zero-order valence-electron chi connectivity index (χ0n) is 28.0. The molecule has 9 heteroatoms. The topological polar surface area (TPSA) is 110 Å². The third kappa shape index (κ3) is 7.07. The summed E-state index contributed by atoms with van der Waals surface area (Å²) in [6, 6.07) is 24.1. The lowest BCUT2D eigenvalue weighted by Gasteiger charge is -2.43. The van der Waals surface area contributed by atoms with Gasteiger partial charge in [0.15, 0.2) is 11.5 Å². The van der Waals surface area contributed by atoms with Crippen LogP contribution < -0.4 is 0 Å². The number of amides is 2. The van der Waals surface area contributed by atoms with E-state index < -0.39 is 4.92 Å². The zero-order chi connectivity index (χ0) is 33.7. The van der Waals surface area contributed by atoms with Gasteiger partial charge in [-0.3, -0.25) is 19.7 Å². The van der Waals surface area contributed by atoms with E-state index in [1.165, 1.54) is 57.4 Å². The number of nitro groups is 1. The van der Waals surface area contributed by atoms with Gasteiger partial charge in [-0.25, -0.2) is 0 Å². The van der Waals surface area contributed by atoms with Gasteiger partial charge < -0.3 is 18.6 Å². The van der Waals surface area contributed by atoms with Gasteiger partial charge in [0.05, 0.1) is 10.5 Å². The normalized spacial score (nSPS) is 23.4. The smallest absolute Gasteiger partial charge is 0.289 e. The molecule has 2 amide bonds. The number of rotatable bonds is 5. The summed E-state index contributed by atoms with van der Waals surface area (Å²) in [5.74, 6) is 3.16. The number of nitro benzene ring substituents is 1. The molecule has 2 aromatic carbocycles. The average molecular weight is 664 g/mol. The lowest BCUT2D eigenvalue weighted by Crippen LogP contribution is -2.49. The molecule has 9 nitrogen and oxygen atoms in total. The quantitative estimate of drug-likeness (QED) is 0.155. The molecule has 4 atom stereocenters.